The van der Waals surface area contributed by atoms with Gasteiger partial charge >= 0.3 is 0 Å². The molecule has 19 heavy (non-hydrogen) atoms. The number of hydrogen-bond acceptors (Lipinski definition) is 1. The van der Waals surface area contributed by atoms with Crippen LogP contribution in [0.1, 0.15) is 5.56 Å². The van der Waals surface area contributed by atoms with Gasteiger partial charge in [-0.1, -0.05) is 64.5 Å². The molecule has 3 aromatic carbocycles. The van der Waals surface area contributed by atoms with Crippen molar-refractivity contribution in [3.63, 3.8) is 0 Å². The standard InChI is InChI=1S/C17H13BrO/c18-17-8-4-7-14-9-10-15(11-16(14)17)19-12-13-5-2-1-3-6-13/h1-11H,12H2. The molecule has 3 rings (SSSR count). The third-order valence-electron chi connectivity index (χ3n) is 3.05. The van der Waals surface area contributed by atoms with Crippen molar-refractivity contribution < 1.29 is 4.74 Å². The summed E-state index contributed by atoms with van der Waals surface area (Å²) in [7, 11) is 0. The van der Waals surface area contributed by atoms with Gasteiger partial charge in [0.2, 0.25) is 0 Å². The minimum atomic E-state index is 0.594. The molecule has 0 heterocycles. The number of halogens is 1. The first-order chi connectivity index (χ1) is 9.33. The summed E-state index contributed by atoms with van der Waals surface area (Å²) in [6.45, 7) is 0.594. The monoisotopic (exact) mass is 312 g/mol. The Balaban J connectivity index is 1.84. The second-order valence-electron chi connectivity index (χ2n) is 4.40. The second kappa shape index (κ2) is 5.45. The molecule has 0 aliphatic carbocycles. The molecule has 0 bridgehead atoms. The third-order valence-corrected chi connectivity index (χ3v) is 3.74. The zero-order chi connectivity index (χ0) is 13.1. The fourth-order valence-electron chi connectivity index (χ4n) is 2.04. The molecule has 3 aromatic rings. The van der Waals surface area contributed by atoms with Crippen LogP contribution in [-0.2, 0) is 6.61 Å². The quantitative estimate of drug-likeness (QED) is 0.647. The average Bonchev–Trinajstić information content (AvgIpc) is 2.47. The van der Waals surface area contributed by atoms with E-state index in [2.05, 4.69) is 46.3 Å². The van der Waals surface area contributed by atoms with Crippen LogP contribution in [0.4, 0.5) is 0 Å². The van der Waals surface area contributed by atoms with E-state index in [1.54, 1.807) is 0 Å². The van der Waals surface area contributed by atoms with Crippen LogP contribution in [-0.4, -0.2) is 0 Å². The van der Waals surface area contributed by atoms with E-state index < -0.39 is 0 Å². The molecule has 0 aliphatic heterocycles. The summed E-state index contributed by atoms with van der Waals surface area (Å²) in [6.07, 6.45) is 0. The summed E-state index contributed by atoms with van der Waals surface area (Å²) < 4.78 is 6.93. The summed E-state index contributed by atoms with van der Waals surface area (Å²) in [4.78, 5) is 0. The molecule has 0 amide bonds. The van der Waals surface area contributed by atoms with E-state index >= 15 is 0 Å². The molecule has 0 fully saturated rings. The Labute approximate surface area is 121 Å². The number of ether oxygens (including phenoxy) is 1. The molecular weight excluding hydrogens is 300 g/mol. The van der Waals surface area contributed by atoms with Crippen LogP contribution in [0.5, 0.6) is 5.75 Å². The van der Waals surface area contributed by atoms with E-state index in [9.17, 15) is 0 Å². The van der Waals surface area contributed by atoms with Crippen molar-refractivity contribution in [1.82, 2.24) is 0 Å². The molecule has 0 aliphatic rings. The molecule has 0 spiro atoms. The number of rotatable bonds is 3. The minimum absolute atomic E-state index is 0.594. The molecule has 0 unspecified atom stereocenters. The van der Waals surface area contributed by atoms with Crippen LogP contribution in [0, 0.1) is 0 Å². The normalized spacial score (nSPS) is 10.6. The molecule has 0 atom stereocenters. The first-order valence-electron chi connectivity index (χ1n) is 6.18. The molecule has 0 aromatic heterocycles. The van der Waals surface area contributed by atoms with Crippen molar-refractivity contribution in [2.45, 2.75) is 6.61 Å². The van der Waals surface area contributed by atoms with Gasteiger partial charge in [0.25, 0.3) is 0 Å². The predicted octanol–water partition coefficient (Wildman–Crippen LogP) is 5.18. The molecule has 0 radical (unpaired) electrons. The predicted molar refractivity (Wildman–Crippen MR) is 82.4 cm³/mol. The summed E-state index contributed by atoms with van der Waals surface area (Å²) in [6, 6.07) is 22.5. The molecule has 0 saturated carbocycles. The maximum atomic E-state index is 5.83. The lowest BCUT2D eigenvalue weighted by Gasteiger charge is -2.08. The van der Waals surface area contributed by atoms with Crippen molar-refractivity contribution in [1.29, 1.82) is 0 Å². The topological polar surface area (TPSA) is 9.23 Å². The molecule has 2 heteroatoms. The SMILES string of the molecule is Brc1cccc2ccc(OCc3ccccc3)cc12. The number of benzene rings is 3. The molecular formula is C17H13BrO. The van der Waals surface area contributed by atoms with Gasteiger partial charge in [0, 0.05) is 4.47 Å². The van der Waals surface area contributed by atoms with Gasteiger partial charge in [0.05, 0.1) is 0 Å². The third kappa shape index (κ3) is 2.79. The summed E-state index contributed by atoms with van der Waals surface area (Å²) in [5.74, 6) is 0.892. The van der Waals surface area contributed by atoms with Crippen molar-refractivity contribution >= 4 is 26.7 Å². The fraction of sp³-hybridized carbons (Fsp3) is 0.0588. The van der Waals surface area contributed by atoms with Crippen molar-refractivity contribution in [2.24, 2.45) is 0 Å². The van der Waals surface area contributed by atoms with Crippen molar-refractivity contribution in [2.75, 3.05) is 0 Å². The molecule has 94 valence electrons. The Morgan fingerprint density at radius 1 is 0.842 bits per heavy atom. The Morgan fingerprint density at radius 2 is 1.68 bits per heavy atom. The van der Waals surface area contributed by atoms with E-state index in [1.165, 1.54) is 16.3 Å². The second-order valence-corrected chi connectivity index (χ2v) is 5.25. The average molecular weight is 313 g/mol. The number of hydrogen-bond donors (Lipinski definition) is 0. The van der Waals surface area contributed by atoms with Crippen LogP contribution in [0.25, 0.3) is 10.8 Å². The zero-order valence-corrected chi connectivity index (χ0v) is 11.9. The lowest BCUT2D eigenvalue weighted by Crippen LogP contribution is -1.94. The van der Waals surface area contributed by atoms with Gasteiger partial charge in [-0.2, -0.15) is 0 Å². The van der Waals surface area contributed by atoms with Gasteiger partial charge in [-0.25, -0.2) is 0 Å². The van der Waals surface area contributed by atoms with Gasteiger partial charge < -0.3 is 4.74 Å². The van der Waals surface area contributed by atoms with Gasteiger partial charge in [0.1, 0.15) is 12.4 Å². The summed E-state index contributed by atoms with van der Waals surface area (Å²) in [5, 5.41) is 2.38. The van der Waals surface area contributed by atoms with Gasteiger partial charge in [0.15, 0.2) is 0 Å². The maximum Gasteiger partial charge on any atom is 0.120 e. The highest BCUT2D eigenvalue weighted by Crippen LogP contribution is 2.27. The highest BCUT2D eigenvalue weighted by Gasteiger charge is 2.01. The van der Waals surface area contributed by atoms with E-state index in [1.807, 2.05) is 36.4 Å². The summed E-state index contributed by atoms with van der Waals surface area (Å²) >= 11 is 3.57. The highest BCUT2D eigenvalue weighted by molar-refractivity contribution is 9.10. The summed E-state index contributed by atoms with van der Waals surface area (Å²) in [5.41, 5.74) is 1.18. The van der Waals surface area contributed by atoms with E-state index in [4.69, 9.17) is 4.74 Å². The Hall–Kier alpha value is -1.80. The maximum absolute atomic E-state index is 5.83. The van der Waals surface area contributed by atoms with Crippen LogP contribution in [0.3, 0.4) is 0 Å². The van der Waals surface area contributed by atoms with Crippen LogP contribution in [0.15, 0.2) is 71.2 Å². The fourth-order valence-corrected chi connectivity index (χ4v) is 2.54. The van der Waals surface area contributed by atoms with E-state index in [0.29, 0.717) is 6.61 Å². The molecule has 1 nitrogen and oxygen atoms in total. The van der Waals surface area contributed by atoms with E-state index in [0.717, 1.165) is 10.2 Å². The van der Waals surface area contributed by atoms with Gasteiger partial charge in [-0.15, -0.1) is 0 Å². The molecule has 0 N–H and O–H groups in total. The highest BCUT2D eigenvalue weighted by atomic mass is 79.9. The Kier molecular flexibility index (Phi) is 3.51. The van der Waals surface area contributed by atoms with E-state index in [-0.39, 0.29) is 0 Å². The van der Waals surface area contributed by atoms with Crippen LogP contribution in [0.2, 0.25) is 0 Å². The van der Waals surface area contributed by atoms with Crippen LogP contribution >= 0.6 is 15.9 Å². The lowest BCUT2D eigenvalue weighted by molar-refractivity contribution is 0.306. The molecule has 0 saturated heterocycles. The first-order valence-corrected chi connectivity index (χ1v) is 6.97. The number of fused-ring (bicyclic) bond motifs is 1. The van der Waals surface area contributed by atoms with Gasteiger partial charge in [-0.3, -0.25) is 0 Å². The zero-order valence-electron chi connectivity index (χ0n) is 10.3. The van der Waals surface area contributed by atoms with Crippen molar-refractivity contribution in [3.8, 4) is 5.75 Å². The lowest BCUT2D eigenvalue weighted by atomic mass is 10.1. The van der Waals surface area contributed by atoms with Gasteiger partial charge in [-0.05, 0) is 34.5 Å². The van der Waals surface area contributed by atoms with Crippen molar-refractivity contribution in [3.05, 3.63) is 76.8 Å². The first kappa shape index (κ1) is 12.2. The Bertz CT molecular complexity index is 692. The van der Waals surface area contributed by atoms with Crippen LogP contribution < -0.4 is 4.74 Å². The Morgan fingerprint density at radius 3 is 2.53 bits per heavy atom. The minimum Gasteiger partial charge on any atom is -0.489 e. The smallest absolute Gasteiger partial charge is 0.120 e. The largest absolute Gasteiger partial charge is 0.489 e.